The number of halogens is 1. The normalized spacial score (nSPS) is 10.2. The van der Waals surface area contributed by atoms with E-state index in [1.165, 1.54) is 0 Å². The smallest absolute Gasteiger partial charge is 0.185 e. The fourth-order valence-electron chi connectivity index (χ4n) is 1.52. The highest BCUT2D eigenvalue weighted by Gasteiger charge is 2.09. The second-order valence-corrected chi connectivity index (χ2v) is 4.75. The number of pyridine rings is 2. The Morgan fingerprint density at radius 2 is 2.18 bits per heavy atom. The molecule has 0 aliphatic carbocycles. The number of hydrogen-bond acceptors (Lipinski definition) is 3. The van der Waals surface area contributed by atoms with Crippen LogP contribution in [0.1, 0.15) is 21.6 Å². The maximum Gasteiger partial charge on any atom is 0.185 e. The monoisotopic (exact) mass is 290 g/mol. The predicted molar refractivity (Wildman–Crippen MR) is 68.9 cm³/mol. The molecular weight excluding hydrogens is 280 g/mol. The molecule has 0 aromatic carbocycles. The lowest BCUT2D eigenvalue weighted by Gasteiger charge is -2.02. The lowest BCUT2D eigenvalue weighted by Crippen LogP contribution is -2.06. The summed E-state index contributed by atoms with van der Waals surface area (Å²) in [6.45, 7) is 1.94. The summed E-state index contributed by atoms with van der Waals surface area (Å²) in [7, 11) is 0. The molecule has 2 aromatic rings. The van der Waals surface area contributed by atoms with Gasteiger partial charge in [0, 0.05) is 29.5 Å². The maximum absolute atomic E-state index is 12.0. The topological polar surface area (TPSA) is 42.9 Å². The number of ketones is 1. The molecule has 0 spiro atoms. The van der Waals surface area contributed by atoms with Crippen LogP contribution in [-0.4, -0.2) is 15.8 Å². The van der Waals surface area contributed by atoms with Crippen LogP contribution in [0.15, 0.2) is 41.3 Å². The van der Waals surface area contributed by atoms with Gasteiger partial charge in [0.15, 0.2) is 5.78 Å². The molecule has 0 saturated heterocycles. The first-order valence-corrected chi connectivity index (χ1v) is 6.00. The Morgan fingerprint density at radius 3 is 2.88 bits per heavy atom. The van der Waals surface area contributed by atoms with Crippen LogP contribution < -0.4 is 0 Å². The van der Waals surface area contributed by atoms with E-state index < -0.39 is 0 Å². The van der Waals surface area contributed by atoms with Gasteiger partial charge < -0.3 is 0 Å². The fraction of sp³-hybridized carbons (Fsp3) is 0.154. The molecule has 17 heavy (non-hydrogen) atoms. The Morgan fingerprint density at radius 1 is 1.35 bits per heavy atom. The Hall–Kier alpha value is -1.55. The molecule has 0 unspecified atom stereocenters. The Balaban J connectivity index is 2.17. The lowest BCUT2D eigenvalue weighted by molar-refractivity contribution is 0.0988. The van der Waals surface area contributed by atoms with E-state index in [2.05, 4.69) is 25.9 Å². The minimum atomic E-state index is 0.00796. The van der Waals surface area contributed by atoms with Gasteiger partial charge in [-0.05, 0) is 52.2 Å². The van der Waals surface area contributed by atoms with Crippen LogP contribution in [-0.2, 0) is 6.42 Å². The number of nitrogens with zero attached hydrogens (tertiary/aromatic N) is 2. The minimum absolute atomic E-state index is 0.00796. The average Bonchev–Trinajstić information content (AvgIpc) is 2.29. The molecule has 2 aromatic heterocycles. The van der Waals surface area contributed by atoms with Gasteiger partial charge in [0.2, 0.25) is 0 Å². The molecule has 2 rings (SSSR count). The molecule has 0 saturated carbocycles. The number of rotatable bonds is 3. The molecule has 2 heterocycles. The van der Waals surface area contributed by atoms with Crippen molar-refractivity contribution in [2.24, 2.45) is 0 Å². The summed E-state index contributed by atoms with van der Waals surface area (Å²) in [6, 6.07) is 5.56. The number of carbonyl (C=O) groups is 1. The zero-order valence-corrected chi connectivity index (χ0v) is 10.9. The fourth-order valence-corrected chi connectivity index (χ4v) is 1.93. The van der Waals surface area contributed by atoms with Crippen molar-refractivity contribution < 1.29 is 4.79 Å². The minimum Gasteiger partial charge on any atom is -0.292 e. The van der Waals surface area contributed by atoms with E-state index in [9.17, 15) is 4.79 Å². The van der Waals surface area contributed by atoms with Gasteiger partial charge in [-0.15, -0.1) is 0 Å². The highest BCUT2D eigenvalue weighted by molar-refractivity contribution is 9.10. The van der Waals surface area contributed by atoms with Gasteiger partial charge in [-0.1, -0.05) is 0 Å². The van der Waals surface area contributed by atoms with Gasteiger partial charge in [0.1, 0.15) is 5.69 Å². The second-order valence-electron chi connectivity index (χ2n) is 3.83. The first-order chi connectivity index (χ1) is 8.15. The van der Waals surface area contributed by atoms with E-state index >= 15 is 0 Å². The van der Waals surface area contributed by atoms with Gasteiger partial charge in [-0.2, -0.15) is 0 Å². The highest BCUT2D eigenvalue weighted by Crippen LogP contribution is 2.12. The van der Waals surface area contributed by atoms with Gasteiger partial charge in [-0.25, -0.2) is 0 Å². The van der Waals surface area contributed by atoms with Crippen LogP contribution >= 0.6 is 15.9 Å². The van der Waals surface area contributed by atoms with E-state index in [-0.39, 0.29) is 5.78 Å². The molecule has 3 nitrogen and oxygen atoms in total. The number of carbonyl (C=O) groups excluding carboxylic acids is 1. The van der Waals surface area contributed by atoms with Gasteiger partial charge >= 0.3 is 0 Å². The first-order valence-electron chi connectivity index (χ1n) is 5.20. The number of aromatic nitrogens is 2. The molecule has 0 N–H and O–H groups in total. The number of Topliss-reactive ketones (excluding diaryl/α,β-unsaturated/α-hetero) is 1. The molecule has 4 heteroatoms. The molecule has 0 bridgehead atoms. The molecular formula is C13H11BrN2O. The second kappa shape index (κ2) is 5.19. The molecule has 0 fully saturated rings. The molecule has 0 radical (unpaired) electrons. The first kappa shape index (κ1) is 11.9. The van der Waals surface area contributed by atoms with Crippen LogP contribution in [0, 0.1) is 6.92 Å². The molecule has 86 valence electrons. The zero-order valence-electron chi connectivity index (χ0n) is 9.35. The predicted octanol–water partition coefficient (Wildman–Crippen LogP) is 2.97. The van der Waals surface area contributed by atoms with Crippen LogP contribution in [0.4, 0.5) is 0 Å². The third-order valence-corrected chi connectivity index (χ3v) is 2.76. The summed E-state index contributed by atoms with van der Waals surface area (Å²) in [4.78, 5) is 20.1. The van der Waals surface area contributed by atoms with Crippen LogP contribution in [0.2, 0.25) is 0 Å². The van der Waals surface area contributed by atoms with Crippen LogP contribution in [0.5, 0.6) is 0 Å². The van der Waals surface area contributed by atoms with Crippen molar-refractivity contribution in [2.45, 2.75) is 13.3 Å². The third kappa shape index (κ3) is 3.20. The van der Waals surface area contributed by atoms with E-state index in [1.807, 2.05) is 19.1 Å². The highest BCUT2D eigenvalue weighted by atomic mass is 79.9. The zero-order chi connectivity index (χ0) is 12.3. The standard InChI is InChI=1S/C13H11BrN2O/c1-9-2-3-16-12(4-9)13(17)6-10-5-11(14)8-15-7-10/h2-5,7-8H,6H2,1H3. The van der Waals surface area contributed by atoms with Crippen molar-refractivity contribution in [3.05, 3.63) is 58.1 Å². The third-order valence-electron chi connectivity index (χ3n) is 2.33. The summed E-state index contributed by atoms with van der Waals surface area (Å²) in [5.74, 6) is 0.00796. The van der Waals surface area contributed by atoms with Crippen LogP contribution in [0.25, 0.3) is 0 Å². The van der Waals surface area contributed by atoms with Crippen molar-refractivity contribution in [1.29, 1.82) is 0 Å². The lowest BCUT2D eigenvalue weighted by atomic mass is 10.1. The number of aryl methyl sites for hydroxylation is 1. The molecule has 0 amide bonds. The average molecular weight is 291 g/mol. The van der Waals surface area contributed by atoms with Gasteiger partial charge in [0.25, 0.3) is 0 Å². The summed E-state index contributed by atoms with van der Waals surface area (Å²) in [5.41, 5.74) is 2.42. The van der Waals surface area contributed by atoms with E-state index in [0.29, 0.717) is 12.1 Å². The molecule has 0 aliphatic rings. The maximum atomic E-state index is 12.0. The Bertz CT molecular complexity index is 555. The van der Waals surface area contributed by atoms with Crippen molar-refractivity contribution in [1.82, 2.24) is 9.97 Å². The summed E-state index contributed by atoms with van der Waals surface area (Å²) in [5, 5.41) is 0. The largest absolute Gasteiger partial charge is 0.292 e. The Kier molecular flexibility index (Phi) is 3.64. The van der Waals surface area contributed by atoms with Crippen LogP contribution in [0.3, 0.4) is 0 Å². The van der Waals surface area contributed by atoms with Crippen molar-refractivity contribution in [3.8, 4) is 0 Å². The molecule has 0 aliphatic heterocycles. The summed E-state index contributed by atoms with van der Waals surface area (Å²) in [6.07, 6.45) is 5.36. The summed E-state index contributed by atoms with van der Waals surface area (Å²) < 4.78 is 0.875. The Labute approximate surface area is 108 Å². The summed E-state index contributed by atoms with van der Waals surface area (Å²) >= 11 is 3.33. The van der Waals surface area contributed by atoms with Crippen molar-refractivity contribution in [2.75, 3.05) is 0 Å². The number of hydrogen-bond donors (Lipinski definition) is 0. The van der Waals surface area contributed by atoms with E-state index in [4.69, 9.17) is 0 Å². The van der Waals surface area contributed by atoms with E-state index in [1.54, 1.807) is 24.7 Å². The van der Waals surface area contributed by atoms with Crippen molar-refractivity contribution >= 4 is 21.7 Å². The SMILES string of the molecule is Cc1ccnc(C(=O)Cc2cncc(Br)c2)c1. The quantitative estimate of drug-likeness (QED) is 0.816. The van der Waals surface area contributed by atoms with Gasteiger partial charge in [0.05, 0.1) is 0 Å². The van der Waals surface area contributed by atoms with Crippen molar-refractivity contribution in [3.63, 3.8) is 0 Å². The van der Waals surface area contributed by atoms with Gasteiger partial charge in [-0.3, -0.25) is 14.8 Å². The molecule has 0 atom stereocenters. The van der Waals surface area contributed by atoms with E-state index in [0.717, 1.165) is 15.6 Å².